The molecule has 0 saturated heterocycles. The molecule has 0 saturated carbocycles. The van der Waals surface area contributed by atoms with Crippen molar-refractivity contribution in [1.82, 2.24) is 0 Å². The van der Waals surface area contributed by atoms with Crippen LogP contribution in [0.15, 0.2) is 0 Å². The van der Waals surface area contributed by atoms with Crippen LogP contribution in [0, 0.1) is 11.8 Å². The van der Waals surface area contributed by atoms with Gasteiger partial charge in [-0.15, -0.1) is 0 Å². The first-order valence-electron chi connectivity index (χ1n) is 28.7. The quantitative estimate of drug-likeness (QED) is 0.0344. The van der Waals surface area contributed by atoms with Gasteiger partial charge in [-0.1, -0.05) is 285 Å². The molecule has 64 heavy (non-hydrogen) atoms. The van der Waals surface area contributed by atoms with E-state index in [0.29, 0.717) is 19.3 Å². The monoisotopic (exact) mass is 905 g/mol. The molecule has 0 bridgehead atoms. The molecule has 6 nitrogen and oxygen atoms in total. The number of unbranched alkanes of at least 4 members (excludes halogenated alkanes) is 37. The summed E-state index contributed by atoms with van der Waals surface area (Å²) in [6.07, 6.45) is 54.0. The molecule has 0 amide bonds. The summed E-state index contributed by atoms with van der Waals surface area (Å²) in [6.45, 7) is 11.3. The van der Waals surface area contributed by atoms with Crippen LogP contribution >= 0.6 is 0 Å². The van der Waals surface area contributed by atoms with Gasteiger partial charge in [0, 0.05) is 19.3 Å². The Morgan fingerprint density at radius 1 is 0.297 bits per heavy atom. The van der Waals surface area contributed by atoms with E-state index in [1.807, 2.05) is 0 Å². The molecular weight excluding hydrogens is 793 g/mol. The number of ether oxygens (including phenoxy) is 3. The predicted octanol–water partition coefficient (Wildman–Crippen LogP) is 18.9. The summed E-state index contributed by atoms with van der Waals surface area (Å²) in [7, 11) is 0. The Balaban J connectivity index is 4.17. The fourth-order valence-corrected chi connectivity index (χ4v) is 8.87. The number of esters is 3. The van der Waals surface area contributed by atoms with Crippen LogP contribution < -0.4 is 0 Å². The highest BCUT2D eigenvalue weighted by Gasteiger charge is 2.19. The van der Waals surface area contributed by atoms with Gasteiger partial charge in [0.2, 0.25) is 0 Å². The third-order valence-corrected chi connectivity index (χ3v) is 13.2. The number of carbonyl (C=O) groups is 3. The van der Waals surface area contributed by atoms with E-state index in [0.717, 1.165) is 69.6 Å². The van der Waals surface area contributed by atoms with Crippen molar-refractivity contribution in [3.05, 3.63) is 0 Å². The molecule has 6 heteroatoms. The van der Waals surface area contributed by atoms with Crippen molar-refractivity contribution < 1.29 is 28.6 Å². The standard InChI is InChI=1S/C58H112O6/c1-6-7-8-9-10-11-12-13-14-15-16-17-20-23-26-29-32-38-43-48-56(59)62-51-55(64-58(61)50-45-40-35-34-37-42-47-54(4)5)52-63-57(60)49-44-39-33-30-27-24-21-18-19-22-25-28-31-36-41-46-53(2)3/h53-55H,6-52H2,1-5H3/t55-/m1/s1. The molecule has 0 N–H and O–H groups in total. The molecule has 0 aromatic heterocycles. The minimum absolute atomic E-state index is 0.0641. The molecular formula is C58H112O6. The highest BCUT2D eigenvalue weighted by molar-refractivity contribution is 5.71. The van der Waals surface area contributed by atoms with Crippen LogP contribution in [0.3, 0.4) is 0 Å². The number of hydrogen-bond donors (Lipinski definition) is 0. The van der Waals surface area contributed by atoms with Gasteiger partial charge in [-0.05, 0) is 31.1 Å². The second kappa shape index (κ2) is 50.8. The van der Waals surface area contributed by atoms with Crippen LogP contribution in [0.1, 0.15) is 324 Å². The first kappa shape index (κ1) is 62.4. The normalized spacial score (nSPS) is 12.0. The zero-order valence-corrected chi connectivity index (χ0v) is 43.9. The molecule has 0 aromatic rings. The maximum absolute atomic E-state index is 12.8. The van der Waals surface area contributed by atoms with E-state index in [9.17, 15) is 14.4 Å². The Hall–Kier alpha value is -1.59. The summed E-state index contributed by atoms with van der Waals surface area (Å²) in [5.41, 5.74) is 0. The smallest absolute Gasteiger partial charge is 0.306 e. The molecule has 0 aromatic carbocycles. The van der Waals surface area contributed by atoms with Gasteiger partial charge in [0.15, 0.2) is 6.10 Å². The van der Waals surface area contributed by atoms with Crippen molar-refractivity contribution in [1.29, 1.82) is 0 Å². The summed E-state index contributed by atoms with van der Waals surface area (Å²) < 4.78 is 16.8. The summed E-state index contributed by atoms with van der Waals surface area (Å²) in [5.74, 6) is 0.761. The highest BCUT2D eigenvalue weighted by Crippen LogP contribution is 2.18. The van der Waals surface area contributed by atoms with Crippen LogP contribution in [0.5, 0.6) is 0 Å². The SMILES string of the molecule is CCCCCCCCCCCCCCCCCCCCCC(=O)OC[C@H](COC(=O)CCCCCCCCCCCCCCCCCC(C)C)OC(=O)CCCCCCCCC(C)C. The molecule has 0 spiro atoms. The summed E-state index contributed by atoms with van der Waals surface area (Å²) >= 11 is 0. The number of hydrogen-bond acceptors (Lipinski definition) is 6. The van der Waals surface area contributed by atoms with Gasteiger partial charge in [0.05, 0.1) is 0 Å². The van der Waals surface area contributed by atoms with Crippen LogP contribution in [0.25, 0.3) is 0 Å². The fourth-order valence-electron chi connectivity index (χ4n) is 8.87. The predicted molar refractivity (Wildman–Crippen MR) is 275 cm³/mol. The Morgan fingerprint density at radius 2 is 0.516 bits per heavy atom. The summed E-state index contributed by atoms with van der Waals surface area (Å²) in [5, 5.41) is 0. The Morgan fingerprint density at radius 3 is 0.766 bits per heavy atom. The van der Waals surface area contributed by atoms with E-state index in [4.69, 9.17) is 14.2 Å². The maximum atomic E-state index is 12.8. The minimum atomic E-state index is -0.763. The van der Waals surface area contributed by atoms with E-state index >= 15 is 0 Å². The van der Waals surface area contributed by atoms with Gasteiger partial charge in [-0.25, -0.2) is 0 Å². The van der Waals surface area contributed by atoms with Crippen molar-refractivity contribution in [2.75, 3.05) is 13.2 Å². The van der Waals surface area contributed by atoms with Gasteiger partial charge in [-0.3, -0.25) is 14.4 Å². The van der Waals surface area contributed by atoms with Crippen molar-refractivity contribution in [3.8, 4) is 0 Å². The highest BCUT2D eigenvalue weighted by atomic mass is 16.6. The van der Waals surface area contributed by atoms with Crippen LogP contribution in [0.2, 0.25) is 0 Å². The molecule has 380 valence electrons. The van der Waals surface area contributed by atoms with Gasteiger partial charge in [0.25, 0.3) is 0 Å². The lowest BCUT2D eigenvalue weighted by Gasteiger charge is -2.18. The van der Waals surface area contributed by atoms with E-state index in [-0.39, 0.29) is 31.1 Å². The topological polar surface area (TPSA) is 78.9 Å². The van der Waals surface area contributed by atoms with Crippen LogP contribution in [-0.2, 0) is 28.6 Å². The van der Waals surface area contributed by atoms with Gasteiger partial charge < -0.3 is 14.2 Å². The first-order chi connectivity index (χ1) is 31.2. The lowest BCUT2D eigenvalue weighted by molar-refractivity contribution is -0.167. The lowest BCUT2D eigenvalue weighted by Crippen LogP contribution is -2.30. The van der Waals surface area contributed by atoms with Crippen molar-refractivity contribution in [3.63, 3.8) is 0 Å². The second-order valence-corrected chi connectivity index (χ2v) is 20.9. The summed E-state index contributed by atoms with van der Waals surface area (Å²) in [6, 6.07) is 0. The molecule has 0 fully saturated rings. The Kier molecular flexibility index (Phi) is 49.6. The van der Waals surface area contributed by atoms with Crippen molar-refractivity contribution in [2.24, 2.45) is 11.8 Å². The third-order valence-electron chi connectivity index (χ3n) is 13.2. The minimum Gasteiger partial charge on any atom is -0.462 e. The maximum Gasteiger partial charge on any atom is 0.306 e. The lowest BCUT2D eigenvalue weighted by atomic mass is 10.0. The molecule has 1 atom stereocenters. The molecule has 0 aliphatic heterocycles. The molecule has 0 aliphatic carbocycles. The molecule has 0 aliphatic rings. The Labute approximate surface area is 399 Å². The third kappa shape index (κ3) is 51.4. The van der Waals surface area contributed by atoms with Crippen LogP contribution in [-0.4, -0.2) is 37.2 Å². The molecule has 0 heterocycles. The average Bonchev–Trinajstić information content (AvgIpc) is 3.27. The van der Waals surface area contributed by atoms with Crippen molar-refractivity contribution >= 4 is 17.9 Å². The van der Waals surface area contributed by atoms with Crippen molar-refractivity contribution in [2.45, 2.75) is 330 Å². The second-order valence-electron chi connectivity index (χ2n) is 20.9. The largest absolute Gasteiger partial charge is 0.462 e. The fraction of sp³-hybridized carbons (Fsp3) is 0.948. The number of rotatable bonds is 52. The van der Waals surface area contributed by atoms with E-state index in [1.165, 1.54) is 212 Å². The van der Waals surface area contributed by atoms with Crippen LogP contribution in [0.4, 0.5) is 0 Å². The molecule has 0 unspecified atom stereocenters. The average molecular weight is 906 g/mol. The molecule has 0 radical (unpaired) electrons. The Bertz CT molecular complexity index is 978. The molecule has 0 rings (SSSR count). The number of carbonyl (C=O) groups excluding carboxylic acids is 3. The van der Waals surface area contributed by atoms with Gasteiger partial charge in [0.1, 0.15) is 13.2 Å². The first-order valence-corrected chi connectivity index (χ1v) is 28.7. The zero-order chi connectivity index (χ0) is 46.8. The van der Waals surface area contributed by atoms with Gasteiger partial charge >= 0.3 is 17.9 Å². The summed E-state index contributed by atoms with van der Waals surface area (Å²) in [4.78, 5) is 38.0. The van der Waals surface area contributed by atoms with E-state index in [1.54, 1.807) is 0 Å². The van der Waals surface area contributed by atoms with E-state index in [2.05, 4.69) is 34.6 Å². The van der Waals surface area contributed by atoms with Gasteiger partial charge in [-0.2, -0.15) is 0 Å². The van der Waals surface area contributed by atoms with E-state index < -0.39 is 6.10 Å². The zero-order valence-electron chi connectivity index (χ0n) is 43.9.